The van der Waals surface area contributed by atoms with Crippen molar-refractivity contribution in [3.8, 4) is 0 Å². The first-order valence-electron chi connectivity index (χ1n) is 11.1. The van der Waals surface area contributed by atoms with Gasteiger partial charge in [-0.25, -0.2) is 13.2 Å². The number of sulfonamides is 1. The number of rotatable bonds is 5. The Labute approximate surface area is 184 Å². The van der Waals surface area contributed by atoms with Crippen molar-refractivity contribution >= 4 is 22.0 Å². The highest BCUT2D eigenvalue weighted by Gasteiger charge is 2.55. The van der Waals surface area contributed by atoms with E-state index in [1.807, 2.05) is 19.9 Å². The van der Waals surface area contributed by atoms with E-state index in [1.54, 1.807) is 12.1 Å². The van der Waals surface area contributed by atoms with E-state index in [0.717, 1.165) is 37.2 Å². The first-order valence-corrected chi connectivity index (χ1v) is 12.6. The van der Waals surface area contributed by atoms with Crippen LogP contribution in [0.4, 0.5) is 4.79 Å². The van der Waals surface area contributed by atoms with Crippen molar-refractivity contribution in [3.05, 3.63) is 29.3 Å². The fourth-order valence-electron chi connectivity index (χ4n) is 4.95. The Bertz CT molecular complexity index is 985. The highest BCUT2D eigenvalue weighted by Crippen LogP contribution is 2.33. The third-order valence-electron chi connectivity index (χ3n) is 7.05. The van der Waals surface area contributed by atoms with Crippen LogP contribution in [0.3, 0.4) is 0 Å². The molecule has 4 rings (SSSR count). The Kier molecular flexibility index (Phi) is 5.87. The van der Waals surface area contributed by atoms with Crippen LogP contribution in [0.5, 0.6) is 0 Å². The number of hydrogen-bond donors (Lipinski definition) is 1. The number of carbonyl (C=O) groups is 2. The molecule has 0 bridgehead atoms. The number of piperidine rings is 1. The van der Waals surface area contributed by atoms with Gasteiger partial charge in [0.05, 0.1) is 10.9 Å². The minimum atomic E-state index is -3.67. The molecular formula is C22H32N4O4S. The van der Waals surface area contributed by atoms with Crippen LogP contribution in [0.15, 0.2) is 23.1 Å². The lowest BCUT2D eigenvalue weighted by atomic mass is 9.87. The number of aryl methyl sites for hydroxylation is 2. The summed E-state index contributed by atoms with van der Waals surface area (Å²) in [6.45, 7) is 8.97. The normalized spacial score (nSPS) is 24.9. The molecule has 3 saturated heterocycles. The van der Waals surface area contributed by atoms with E-state index in [2.05, 4.69) is 17.1 Å². The summed E-state index contributed by atoms with van der Waals surface area (Å²) in [7, 11) is -3.67. The molecule has 3 aliphatic rings. The zero-order chi connectivity index (χ0) is 22.4. The predicted molar refractivity (Wildman–Crippen MR) is 117 cm³/mol. The minimum Gasteiger partial charge on any atom is -0.323 e. The number of hydrogen-bond acceptors (Lipinski definition) is 5. The van der Waals surface area contributed by atoms with Crippen molar-refractivity contribution in [2.45, 2.75) is 62.9 Å². The van der Waals surface area contributed by atoms with Gasteiger partial charge in [0.2, 0.25) is 10.0 Å². The second-order valence-corrected chi connectivity index (χ2v) is 11.0. The molecular weight excluding hydrogens is 416 g/mol. The van der Waals surface area contributed by atoms with Crippen LogP contribution in [-0.4, -0.2) is 78.8 Å². The van der Waals surface area contributed by atoms with Crippen LogP contribution < -0.4 is 5.32 Å². The van der Waals surface area contributed by atoms with Crippen LogP contribution in [0.2, 0.25) is 0 Å². The Hall–Kier alpha value is -1.97. The summed E-state index contributed by atoms with van der Waals surface area (Å²) in [6.07, 6.45) is 2.73. The maximum Gasteiger partial charge on any atom is 0.325 e. The highest BCUT2D eigenvalue weighted by molar-refractivity contribution is 7.89. The van der Waals surface area contributed by atoms with E-state index in [0.29, 0.717) is 25.8 Å². The number of amides is 3. The number of likely N-dealkylation sites (tertiary alicyclic amines) is 1. The van der Waals surface area contributed by atoms with Crippen molar-refractivity contribution in [2.75, 3.05) is 32.7 Å². The molecule has 1 N–H and O–H groups in total. The first-order chi connectivity index (χ1) is 14.7. The summed E-state index contributed by atoms with van der Waals surface area (Å²) in [6, 6.07) is 4.30. The van der Waals surface area contributed by atoms with Gasteiger partial charge in [0.1, 0.15) is 5.54 Å². The molecule has 170 valence electrons. The molecule has 0 aromatic heterocycles. The first kappa shape index (κ1) is 22.2. The molecule has 0 unspecified atom stereocenters. The standard InChI is InChI=1S/C22H32N4O4S/c1-4-10-24-12-8-22(9-13-24)20(27)26(21(28)23-22)18-7-11-25(15-18)31(29,30)19-6-5-16(2)17(3)14-19/h5-6,14,18H,4,7-13,15H2,1-3H3,(H,23,28)/t18-/m1/s1. The zero-order valence-corrected chi connectivity index (χ0v) is 19.4. The Morgan fingerprint density at radius 2 is 1.81 bits per heavy atom. The number of nitrogens with one attached hydrogen (secondary N) is 1. The van der Waals surface area contributed by atoms with Gasteiger partial charge < -0.3 is 10.2 Å². The van der Waals surface area contributed by atoms with Gasteiger partial charge in [0.15, 0.2) is 0 Å². The number of carbonyl (C=O) groups excluding carboxylic acids is 2. The smallest absolute Gasteiger partial charge is 0.323 e. The summed E-state index contributed by atoms with van der Waals surface area (Å²) >= 11 is 0. The van der Waals surface area contributed by atoms with E-state index >= 15 is 0 Å². The van der Waals surface area contributed by atoms with Crippen molar-refractivity contribution < 1.29 is 18.0 Å². The quantitative estimate of drug-likeness (QED) is 0.695. The molecule has 1 aromatic rings. The molecule has 0 radical (unpaired) electrons. The molecule has 3 aliphatic heterocycles. The van der Waals surface area contributed by atoms with Crippen molar-refractivity contribution in [3.63, 3.8) is 0 Å². The van der Waals surface area contributed by atoms with Crippen molar-refractivity contribution in [2.24, 2.45) is 0 Å². The molecule has 3 fully saturated rings. The lowest BCUT2D eigenvalue weighted by Gasteiger charge is -2.37. The zero-order valence-electron chi connectivity index (χ0n) is 18.6. The van der Waals surface area contributed by atoms with Gasteiger partial charge >= 0.3 is 6.03 Å². The van der Waals surface area contributed by atoms with Gasteiger partial charge in [-0.2, -0.15) is 4.31 Å². The third-order valence-corrected chi connectivity index (χ3v) is 8.91. The molecule has 1 spiro atoms. The van der Waals surface area contributed by atoms with Crippen molar-refractivity contribution in [1.29, 1.82) is 0 Å². The van der Waals surface area contributed by atoms with Gasteiger partial charge in [0, 0.05) is 26.2 Å². The molecule has 3 amide bonds. The second-order valence-electron chi connectivity index (χ2n) is 9.08. The van der Waals surface area contributed by atoms with Crippen LogP contribution in [0, 0.1) is 13.8 Å². The molecule has 0 aliphatic carbocycles. The molecule has 8 nitrogen and oxygen atoms in total. The van der Waals surface area contributed by atoms with Gasteiger partial charge in [0.25, 0.3) is 5.91 Å². The highest BCUT2D eigenvalue weighted by atomic mass is 32.2. The topological polar surface area (TPSA) is 90.0 Å². The molecule has 1 atom stereocenters. The van der Waals surface area contributed by atoms with Gasteiger partial charge in [-0.1, -0.05) is 13.0 Å². The van der Waals surface area contributed by atoms with Crippen LogP contribution >= 0.6 is 0 Å². The molecule has 3 heterocycles. The van der Waals surface area contributed by atoms with Crippen LogP contribution in [-0.2, 0) is 14.8 Å². The summed E-state index contributed by atoms with van der Waals surface area (Å²) in [5, 5.41) is 2.95. The summed E-state index contributed by atoms with van der Waals surface area (Å²) in [5.74, 6) is -0.191. The fourth-order valence-corrected chi connectivity index (χ4v) is 6.53. The Morgan fingerprint density at radius 3 is 2.45 bits per heavy atom. The monoisotopic (exact) mass is 448 g/mol. The lowest BCUT2D eigenvalue weighted by Crippen LogP contribution is -2.55. The molecule has 9 heteroatoms. The largest absolute Gasteiger partial charge is 0.325 e. The van der Waals surface area contributed by atoms with Gasteiger partial charge in [-0.3, -0.25) is 9.69 Å². The van der Waals surface area contributed by atoms with E-state index in [4.69, 9.17) is 0 Å². The van der Waals surface area contributed by atoms with E-state index in [1.165, 1.54) is 9.21 Å². The number of urea groups is 1. The van der Waals surface area contributed by atoms with E-state index < -0.39 is 21.6 Å². The summed E-state index contributed by atoms with van der Waals surface area (Å²) in [5.41, 5.74) is 1.12. The maximum absolute atomic E-state index is 13.3. The average Bonchev–Trinajstić information content (AvgIpc) is 3.30. The lowest BCUT2D eigenvalue weighted by molar-refractivity contribution is -0.134. The van der Waals surface area contributed by atoms with Crippen molar-refractivity contribution in [1.82, 2.24) is 19.4 Å². The molecule has 0 saturated carbocycles. The Morgan fingerprint density at radius 1 is 1.10 bits per heavy atom. The maximum atomic E-state index is 13.3. The van der Waals surface area contributed by atoms with Gasteiger partial charge in [-0.15, -0.1) is 0 Å². The van der Waals surface area contributed by atoms with Crippen LogP contribution in [0.1, 0.15) is 43.7 Å². The Balaban J connectivity index is 1.47. The summed E-state index contributed by atoms with van der Waals surface area (Å²) in [4.78, 5) is 30.0. The predicted octanol–water partition coefficient (Wildman–Crippen LogP) is 1.86. The number of nitrogens with zero attached hydrogens (tertiary/aromatic N) is 3. The molecule has 31 heavy (non-hydrogen) atoms. The average molecular weight is 449 g/mol. The fraction of sp³-hybridized carbons (Fsp3) is 0.636. The van der Waals surface area contributed by atoms with Crippen LogP contribution in [0.25, 0.3) is 0 Å². The second kappa shape index (κ2) is 8.18. The molecule has 1 aromatic carbocycles. The summed E-state index contributed by atoms with van der Waals surface area (Å²) < 4.78 is 27.7. The van der Waals surface area contributed by atoms with Gasteiger partial charge in [-0.05, 0) is 69.3 Å². The van der Waals surface area contributed by atoms with E-state index in [9.17, 15) is 18.0 Å². The number of benzene rings is 1. The minimum absolute atomic E-state index is 0.145. The van der Waals surface area contributed by atoms with E-state index in [-0.39, 0.29) is 23.4 Å². The SMILES string of the molecule is CCCN1CCC2(CC1)NC(=O)N([C@@H]1CCN(S(=O)(=O)c3ccc(C)c(C)c3)C1)C2=O. The number of imide groups is 1. The third kappa shape index (κ3) is 3.87.